The van der Waals surface area contributed by atoms with Crippen LogP contribution in [0.4, 0.5) is 0 Å². The Balaban J connectivity index is 2.36. The normalized spacial score (nSPS) is 20.1. The van der Waals surface area contributed by atoms with Gasteiger partial charge in [0.05, 0.1) is 0 Å². The summed E-state index contributed by atoms with van der Waals surface area (Å²) >= 11 is 3.21. The highest BCUT2D eigenvalue weighted by Crippen LogP contribution is 2.27. The second kappa shape index (κ2) is 5.79. The largest absolute Gasteiger partial charge is 0.347 e. The topological polar surface area (TPSA) is 70.6 Å². The van der Waals surface area contributed by atoms with Crippen LogP contribution in [-0.2, 0) is 14.8 Å². The van der Waals surface area contributed by atoms with Crippen LogP contribution in [0.5, 0.6) is 0 Å². The van der Waals surface area contributed by atoms with Crippen LogP contribution in [0.3, 0.4) is 0 Å². The highest BCUT2D eigenvalue weighted by molar-refractivity contribution is 9.10. The number of carbonyl (C=O) groups excluding carboxylic acids is 1. The first-order valence-electron chi connectivity index (χ1n) is 6.17. The lowest BCUT2D eigenvalue weighted by molar-refractivity contribution is -0.132. The van der Waals surface area contributed by atoms with Gasteiger partial charge in [-0.25, -0.2) is 8.42 Å². The molecule has 0 aromatic carbocycles. The molecular formula is C12H16BrN3O3S. The standard InChI is InChI=1S/C12H16BrN3O3S/c1-15(2)12(17)11-4-3-5-16(11)20(18,19)10-6-9(13)7-14-8-10/h6-8,11H,3-5H2,1-2H3. The minimum absolute atomic E-state index is 0.102. The summed E-state index contributed by atoms with van der Waals surface area (Å²) in [5, 5.41) is 0. The van der Waals surface area contributed by atoms with E-state index in [2.05, 4.69) is 20.9 Å². The highest BCUT2D eigenvalue weighted by Gasteiger charge is 2.40. The summed E-state index contributed by atoms with van der Waals surface area (Å²) in [5.41, 5.74) is 0. The number of hydrogen-bond acceptors (Lipinski definition) is 4. The second-order valence-electron chi connectivity index (χ2n) is 4.85. The van der Waals surface area contributed by atoms with Crippen LogP contribution < -0.4 is 0 Å². The molecule has 20 heavy (non-hydrogen) atoms. The van der Waals surface area contributed by atoms with Crippen molar-refractivity contribution >= 4 is 31.9 Å². The summed E-state index contributed by atoms with van der Waals surface area (Å²) in [6, 6.07) is 0.881. The minimum atomic E-state index is -3.70. The lowest BCUT2D eigenvalue weighted by Gasteiger charge is -2.25. The number of hydrogen-bond donors (Lipinski definition) is 0. The molecule has 0 bridgehead atoms. The van der Waals surface area contributed by atoms with Gasteiger partial charge in [0, 0.05) is 37.5 Å². The van der Waals surface area contributed by atoms with E-state index < -0.39 is 16.1 Å². The van der Waals surface area contributed by atoms with Crippen molar-refractivity contribution in [3.63, 3.8) is 0 Å². The van der Waals surface area contributed by atoms with Crippen molar-refractivity contribution in [1.82, 2.24) is 14.2 Å². The van der Waals surface area contributed by atoms with E-state index in [-0.39, 0.29) is 10.8 Å². The zero-order valence-electron chi connectivity index (χ0n) is 11.3. The van der Waals surface area contributed by atoms with E-state index in [1.807, 2.05) is 0 Å². The van der Waals surface area contributed by atoms with Gasteiger partial charge in [-0.2, -0.15) is 4.31 Å². The Labute approximate surface area is 127 Å². The number of pyridine rings is 1. The molecule has 0 spiro atoms. The maximum Gasteiger partial charge on any atom is 0.245 e. The van der Waals surface area contributed by atoms with Crippen molar-refractivity contribution in [2.75, 3.05) is 20.6 Å². The fraction of sp³-hybridized carbons (Fsp3) is 0.500. The van der Waals surface area contributed by atoms with Gasteiger partial charge in [0.1, 0.15) is 10.9 Å². The third-order valence-corrected chi connectivity index (χ3v) is 5.52. The zero-order valence-corrected chi connectivity index (χ0v) is 13.7. The molecule has 110 valence electrons. The van der Waals surface area contributed by atoms with Crippen molar-refractivity contribution in [2.45, 2.75) is 23.8 Å². The van der Waals surface area contributed by atoms with Gasteiger partial charge in [-0.15, -0.1) is 0 Å². The quantitative estimate of drug-likeness (QED) is 0.807. The molecule has 0 saturated carbocycles. The van der Waals surface area contributed by atoms with E-state index >= 15 is 0 Å². The fourth-order valence-electron chi connectivity index (χ4n) is 2.24. The van der Waals surface area contributed by atoms with Gasteiger partial charge in [-0.05, 0) is 34.8 Å². The number of halogens is 1. The number of aromatic nitrogens is 1. The Morgan fingerprint density at radius 1 is 1.45 bits per heavy atom. The van der Waals surface area contributed by atoms with Crippen LogP contribution in [0.15, 0.2) is 27.8 Å². The molecule has 1 aromatic heterocycles. The predicted molar refractivity (Wildman–Crippen MR) is 77.5 cm³/mol. The molecule has 6 nitrogen and oxygen atoms in total. The van der Waals surface area contributed by atoms with Crippen LogP contribution in [0.2, 0.25) is 0 Å². The number of likely N-dealkylation sites (N-methyl/N-ethyl adjacent to an activating group) is 1. The van der Waals surface area contributed by atoms with Gasteiger partial charge in [-0.3, -0.25) is 9.78 Å². The second-order valence-corrected chi connectivity index (χ2v) is 7.65. The predicted octanol–water partition coefficient (Wildman–Crippen LogP) is 1.09. The van der Waals surface area contributed by atoms with Crippen LogP contribution in [-0.4, -0.2) is 55.2 Å². The van der Waals surface area contributed by atoms with Crippen LogP contribution in [0.1, 0.15) is 12.8 Å². The SMILES string of the molecule is CN(C)C(=O)C1CCCN1S(=O)(=O)c1cncc(Br)c1. The maximum absolute atomic E-state index is 12.6. The maximum atomic E-state index is 12.6. The summed E-state index contributed by atoms with van der Waals surface area (Å²) in [5.74, 6) is -0.186. The highest BCUT2D eigenvalue weighted by atomic mass is 79.9. The molecule has 0 aliphatic carbocycles. The molecule has 8 heteroatoms. The Morgan fingerprint density at radius 2 is 2.15 bits per heavy atom. The molecule has 0 radical (unpaired) electrons. The molecule has 0 N–H and O–H groups in total. The first-order chi connectivity index (χ1) is 9.34. The van der Waals surface area contributed by atoms with Crippen molar-refractivity contribution in [3.05, 3.63) is 22.9 Å². The van der Waals surface area contributed by atoms with Crippen LogP contribution >= 0.6 is 15.9 Å². The number of nitrogens with zero attached hydrogens (tertiary/aromatic N) is 3. The lowest BCUT2D eigenvalue weighted by atomic mass is 10.2. The number of carbonyl (C=O) groups is 1. The number of rotatable bonds is 3. The Morgan fingerprint density at radius 3 is 2.75 bits per heavy atom. The molecule has 1 aromatic rings. The van der Waals surface area contributed by atoms with Gasteiger partial charge in [0.15, 0.2) is 0 Å². The van der Waals surface area contributed by atoms with Gasteiger partial charge < -0.3 is 4.90 Å². The average Bonchev–Trinajstić information content (AvgIpc) is 2.87. The Hall–Kier alpha value is -0.990. The molecule has 1 fully saturated rings. The minimum Gasteiger partial charge on any atom is -0.347 e. The van der Waals surface area contributed by atoms with Crippen molar-refractivity contribution in [2.24, 2.45) is 0 Å². The fourth-order valence-corrected chi connectivity index (χ4v) is 4.40. The number of sulfonamides is 1. The molecular weight excluding hydrogens is 346 g/mol. The van der Waals surface area contributed by atoms with Crippen LogP contribution in [0, 0.1) is 0 Å². The molecule has 1 atom stereocenters. The van der Waals surface area contributed by atoms with E-state index in [0.29, 0.717) is 23.9 Å². The third-order valence-electron chi connectivity index (χ3n) is 3.22. The monoisotopic (exact) mass is 361 g/mol. The van der Waals surface area contributed by atoms with Gasteiger partial charge in [-0.1, -0.05) is 0 Å². The summed E-state index contributed by atoms with van der Waals surface area (Å²) in [7, 11) is -0.433. The lowest BCUT2D eigenvalue weighted by Crippen LogP contribution is -2.45. The summed E-state index contributed by atoms with van der Waals surface area (Å²) < 4.78 is 27.1. The molecule has 2 heterocycles. The third kappa shape index (κ3) is 2.87. The molecule has 1 aliphatic rings. The summed E-state index contributed by atoms with van der Waals surface area (Å²) in [6.07, 6.45) is 4.06. The van der Waals surface area contributed by atoms with Gasteiger partial charge in [0.25, 0.3) is 0 Å². The summed E-state index contributed by atoms with van der Waals surface area (Å²) in [6.45, 7) is 0.360. The van der Waals surface area contributed by atoms with E-state index in [1.165, 1.54) is 27.7 Å². The van der Waals surface area contributed by atoms with E-state index in [9.17, 15) is 13.2 Å². The Bertz CT molecular complexity index is 618. The first kappa shape index (κ1) is 15.4. The first-order valence-corrected chi connectivity index (χ1v) is 8.41. The molecule has 1 amide bonds. The summed E-state index contributed by atoms with van der Waals surface area (Å²) in [4.78, 5) is 17.5. The molecule has 1 aliphatic heterocycles. The van der Waals surface area contributed by atoms with Crippen LogP contribution in [0.25, 0.3) is 0 Å². The van der Waals surface area contributed by atoms with Crippen molar-refractivity contribution in [1.29, 1.82) is 0 Å². The van der Waals surface area contributed by atoms with Crippen molar-refractivity contribution < 1.29 is 13.2 Å². The van der Waals surface area contributed by atoms with E-state index in [4.69, 9.17) is 0 Å². The zero-order chi connectivity index (χ0) is 14.9. The van der Waals surface area contributed by atoms with E-state index in [1.54, 1.807) is 14.1 Å². The van der Waals surface area contributed by atoms with Gasteiger partial charge in [0.2, 0.25) is 15.9 Å². The number of amides is 1. The van der Waals surface area contributed by atoms with Gasteiger partial charge >= 0.3 is 0 Å². The van der Waals surface area contributed by atoms with Crippen molar-refractivity contribution in [3.8, 4) is 0 Å². The molecule has 2 rings (SSSR count). The average molecular weight is 362 g/mol. The smallest absolute Gasteiger partial charge is 0.245 e. The van der Waals surface area contributed by atoms with E-state index in [0.717, 1.165) is 0 Å². The Kier molecular flexibility index (Phi) is 4.46. The molecule has 1 saturated heterocycles. The molecule has 1 unspecified atom stereocenters.